The minimum Gasteiger partial charge on any atom is -0.373 e. The van der Waals surface area contributed by atoms with Crippen LogP contribution in [-0.2, 0) is 4.74 Å². The van der Waals surface area contributed by atoms with Gasteiger partial charge in [0.1, 0.15) is 0 Å². The number of rotatable bonds is 2. The molecule has 0 aromatic heterocycles. The van der Waals surface area contributed by atoms with E-state index in [2.05, 4.69) is 32.6 Å². The summed E-state index contributed by atoms with van der Waals surface area (Å²) in [6, 6.07) is 0.347. The summed E-state index contributed by atoms with van der Waals surface area (Å²) in [5.74, 6) is 0.659. The Kier molecular flexibility index (Phi) is 4.35. The molecule has 1 aliphatic carbocycles. The van der Waals surface area contributed by atoms with Gasteiger partial charge in [-0.15, -0.1) is 0 Å². The summed E-state index contributed by atoms with van der Waals surface area (Å²) in [6.45, 7) is 12.3. The average Bonchev–Trinajstić information content (AvgIpc) is 2.23. The Labute approximate surface area is 112 Å². The van der Waals surface area contributed by atoms with Gasteiger partial charge in [0.25, 0.3) is 0 Å². The third kappa shape index (κ3) is 3.25. The fraction of sp³-hybridized carbons (Fsp3) is 1.00. The predicted octanol–water partition coefficient (Wildman–Crippen LogP) is 2.25. The van der Waals surface area contributed by atoms with Gasteiger partial charge in [0.2, 0.25) is 0 Å². The van der Waals surface area contributed by atoms with Crippen molar-refractivity contribution in [1.29, 1.82) is 0 Å². The van der Waals surface area contributed by atoms with E-state index in [4.69, 9.17) is 10.5 Å². The molecule has 0 bridgehead atoms. The maximum atomic E-state index is 6.49. The van der Waals surface area contributed by atoms with Crippen molar-refractivity contribution in [3.8, 4) is 0 Å². The molecule has 3 heteroatoms. The smallest absolute Gasteiger partial charge is 0.0678 e. The number of hydrogen-bond acceptors (Lipinski definition) is 3. The molecule has 0 aromatic rings. The monoisotopic (exact) mass is 254 g/mol. The van der Waals surface area contributed by atoms with Crippen LogP contribution in [0, 0.1) is 11.3 Å². The summed E-state index contributed by atoms with van der Waals surface area (Å²) in [7, 11) is 0. The van der Waals surface area contributed by atoms with Gasteiger partial charge in [-0.25, -0.2) is 0 Å². The van der Waals surface area contributed by atoms with Gasteiger partial charge >= 0.3 is 0 Å². The zero-order chi connectivity index (χ0) is 13.3. The van der Waals surface area contributed by atoms with Crippen LogP contribution < -0.4 is 5.73 Å². The minimum absolute atomic E-state index is 0.312. The standard InChI is InChI=1S/C15H30N2O/c1-11-8-17(9-12(2)18-11)10-13-6-5-7-15(3,4)14(13)16/h11-14H,5-10,16H2,1-4H3. The maximum Gasteiger partial charge on any atom is 0.0678 e. The summed E-state index contributed by atoms with van der Waals surface area (Å²) in [4.78, 5) is 2.56. The van der Waals surface area contributed by atoms with E-state index in [9.17, 15) is 0 Å². The van der Waals surface area contributed by atoms with Crippen LogP contribution >= 0.6 is 0 Å². The Hall–Kier alpha value is -0.120. The van der Waals surface area contributed by atoms with Crippen molar-refractivity contribution in [3.05, 3.63) is 0 Å². The lowest BCUT2D eigenvalue weighted by atomic mass is 9.68. The molecule has 0 amide bonds. The van der Waals surface area contributed by atoms with Crippen LogP contribution in [0.2, 0.25) is 0 Å². The lowest BCUT2D eigenvalue weighted by Gasteiger charge is -2.45. The van der Waals surface area contributed by atoms with Crippen molar-refractivity contribution in [2.45, 2.75) is 65.2 Å². The molecule has 1 aliphatic heterocycles. The summed E-state index contributed by atoms with van der Waals surface area (Å²) in [5, 5.41) is 0. The fourth-order valence-corrected chi connectivity index (χ4v) is 3.77. The molecule has 2 rings (SSSR count). The highest BCUT2D eigenvalue weighted by atomic mass is 16.5. The number of morpholine rings is 1. The largest absolute Gasteiger partial charge is 0.373 e. The summed E-state index contributed by atoms with van der Waals surface area (Å²) < 4.78 is 5.80. The Bertz CT molecular complexity index is 270. The van der Waals surface area contributed by atoms with Crippen molar-refractivity contribution in [3.63, 3.8) is 0 Å². The Morgan fingerprint density at radius 2 is 1.83 bits per heavy atom. The SMILES string of the molecule is CC1CN(CC2CCCC(C)(C)C2N)CC(C)O1. The van der Waals surface area contributed by atoms with Gasteiger partial charge in [0.15, 0.2) is 0 Å². The molecule has 0 radical (unpaired) electrons. The second kappa shape index (κ2) is 5.48. The maximum absolute atomic E-state index is 6.49. The Balaban J connectivity index is 1.92. The van der Waals surface area contributed by atoms with Crippen LogP contribution in [0.15, 0.2) is 0 Å². The molecule has 1 saturated carbocycles. The number of hydrogen-bond donors (Lipinski definition) is 1. The van der Waals surface area contributed by atoms with Crippen LogP contribution in [0.3, 0.4) is 0 Å². The third-order valence-electron chi connectivity index (χ3n) is 4.79. The van der Waals surface area contributed by atoms with Crippen LogP contribution in [0.5, 0.6) is 0 Å². The summed E-state index contributed by atoms with van der Waals surface area (Å²) in [6.07, 6.45) is 4.63. The first-order valence-electron chi connectivity index (χ1n) is 7.52. The van der Waals surface area contributed by atoms with E-state index < -0.39 is 0 Å². The van der Waals surface area contributed by atoms with Gasteiger partial charge in [-0.3, -0.25) is 4.90 Å². The van der Waals surface area contributed by atoms with Crippen LogP contribution in [-0.4, -0.2) is 42.8 Å². The summed E-state index contributed by atoms with van der Waals surface area (Å²) in [5.41, 5.74) is 6.80. The lowest BCUT2D eigenvalue weighted by Crippen LogP contribution is -2.53. The van der Waals surface area contributed by atoms with Gasteiger partial charge in [-0.1, -0.05) is 20.3 Å². The molecule has 2 fully saturated rings. The highest BCUT2D eigenvalue weighted by molar-refractivity contribution is 4.93. The van der Waals surface area contributed by atoms with E-state index in [1.807, 2.05) is 0 Å². The van der Waals surface area contributed by atoms with E-state index in [0.29, 0.717) is 29.6 Å². The molecule has 106 valence electrons. The molecule has 1 heterocycles. The molecule has 4 unspecified atom stereocenters. The first kappa shape index (κ1) is 14.3. The second-order valence-corrected chi connectivity index (χ2v) is 7.14. The van der Waals surface area contributed by atoms with Crippen molar-refractivity contribution >= 4 is 0 Å². The molecule has 18 heavy (non-hydrogen) atoms. The Morgan fingerprint density at radius 1 is 1.22 bits per heavy atom. The van der Waals surface area contributed by atoms with Gasteiger partial charge in [0.05, 0.1) is 12.2 Å². The fourth-order valence-electron chi connectivity index (χ4n) is 3.77. The lowest BCUT2D eigenvalue weighted by molar-refractivity contribution is -0.0752. The predicted molar refractivity (Wildman–Crippen MR) is 75.5 cm³/mol. The topological polar surface area (TPSA) is 38.5 Å². The van der Waals surface area contributed by atoms with Gasteiger partial charge in [0, 0.05) is 25.7 Å². The first-order chi connectivity index (χ1) is 8.38. The molecule has 0 aromatic carbocycles. The van der Waals surface area contributed by atoms with E-state index in [1.165, 1.54) is 19.3 Å². The number of nitrogens with two attached hydrogens (primary N) is 1. The normalized spacial score (nSPS) is 41.8. The third-order valence-corrected chi connectivity index (χ3v) is 4.79. The molecule has 0 spiro atoms. The minimum atomic E-state index is 0.312. The molecule has 1 saturated heterocycles. The molecule has 4 atom stereocenters. The van der Waals surface area contributed by atoms with Crippen molar-refractivity contribution < 1.29 is 4.74 Å². The van der Waals surface area contributed by atoms with Gasteiger partial charge < -0.3 is 10.5 Å². The second-order valence-electron chi connectivity index (χ2n) is 7.14. The molecule has 2 aliphatic rings. The zero-order valence-corrected chi connectivity index (χ0v) is 12.5. The number of nitrogens with zero attached hydrogens (tertiary/aromatic N) is 1. The van der Waals surface area contributed by atoms with E-state index in [0.717, 1.165) is 19.6 Å². The number of ether oxygens (including phenoxy) is 1. The Morgan fingerprint density at radius 3 is 2.44 bits per heavy atom. The van der Waals surface area contributed by atoms with Crippen LogP contribution in [0.1, 0.15) is 47.0 Å². The summed E-state index contributed by atoms with van der Waals surface area (Å²) >= 11 is 0. The van der Waals surface area contributed by atoms with E-state index >= 15 is 0 Å². The van der Waals surface area contributed by atoms with Crippen LogP contribution in [0.4, 0.5) is 0 Å². The van der Waals surface area contributed by atoms with Gasteiger partial charge in [-0.2, -0.15) is 0 Å². The zero-order valence-electron chi connectivity index (χ0n) is 12.5. The molecule has 3 nitrogen and oxygen atoms in total. The van der Waals surface area contributed by atoms with Crippen molar-refractivity contribution in [2.24, 2.45) is 17.1 Å². The van der Waals surface area contributed by atoms with E-state index in [1.54, 1.807) is 0 Å². The van der Waals surface area contributed by atoms with Crippen molar-refractivity contribution in [1.82, 2.24) is 4.90 Å². The average molecular weight is 254 g/mol. The first-order valence-corrected chi connectivity index (χ1v) is 7.52. The van der Waals surface area contributed by atoms with Crippen LogP contribution in [0.25, 0.3) is 0 Å². The van der Waals surface area contributed by atoms with E-state index in [-0.39, 0.29) is 0 Å². The van der Waals surface area contributed by atoms with Crippen molar-refractivity contribution in [2.75, 3.05) is 19.6 Å². The quantitative estimate of drug-likeness (QED) is 0.821. The molecule has 2 N–H and O–H groups in total. The van der Waals surface area contributed by atoms with Gasteiger partial charge in [-0.05, 0) is 38.0 Å². The molecular formula is C15H30N2O. The molecular weight excluding hydrogens is 224 g/mol. The highest BCUT2D eigenvalue weighted by Gasteiger charge is 2.37. The highest BCUT2D eigenvalue weighted by Crippen LogP contribution is 2.38.